The van der Waals surface area contributed by atoms with E-state index in [4.69, 9.17) is 4.98 Å². The Morgan fingerprint density at radius 3 is 2.52 bits per heavy atom. The Morgan fingerprint density at radius 2 is 1.79 bits per heavy atom. The number of allylic oxidation sites excluding steroid dienone is 1. The molecule has 0 unspecified atom stereocenters. The number of dihydropyridines is 1. The van der Waals surface area contributed by atoms with Gasteiger partial charge in [-0.3, -0.25) is 4.99 Å². The van der Waals surface area contributed by atoms with E-state index in [1.165, 1.54) is 19.3 Å². The van der Waals surface area contributed by atoms with Crippen molar-refractivity contribution in [3.63, 3.8) is 0 Å². The molecule has 29 heavy (non-hydrogen) atoms. The number of thiazole rings is 1. The smallest absolute Gasteiger partial charge is 0.170 e. The van der Waals surface area contributed by atoms with E-state index in [2.05, 4.69) is 44.1 Å². The van der Waals surface area contributed by atoms with E-state index in [9.17, 15) is 0 Å². The maximum Gasteiger partial charge on any atom is 0.170 e. The largest absolute Gasteiger partial charge is 0.357 e. The fraction of sp³-hybridized carbons (Fsp3) is 0.391. The zero-order chi connectivity index (χ0) is 20.1. The molecule has 2 aliphatic rings. The lowest BCUT2D eigenvalue weighted by Crippen LogP contribution is -2.29. The predicted octanol–water partition coefficient (Wildman–Crippen LogP) is 5.63. The Labute approximate surface area is 176 Å². The number of fused-ring (bicyclic) bond motifs is 1. The van der Waals surface area contributed by atoms with Gasteiger partial charge in [0.05, 0.1) is 4.70 Å². The van der Waals surface area contributed by atoms with Crippen molar-refractivity contribution in [3.05, 3.63) is 42.2 Å². The molecule has 6 heteroatoms. The monoisotopic (exact) mass is 405 g/mol. The topological polar surface area (TPSA) is 54.3 Å². The highest BCUT2D eigenvalue weighted by Crippen LogP contribution is 2.31. The van der Waals surface area contributed by atoms with Gasteiger partial charge in [-0.15, -0.1) is 11.3 Å². The lowest BCUT2D eigenvalue weighted by atomic mass is 10.1. The molecule has 150 valence electrons. The van der Waals surface area contributed by atoms with Gasteiger partial charge < -0.3 is 4.90 Å². The van der Waals surface area contributed by atoms with Crippen molar-refractivity contribution in [1.29, 1.82) is 0 Å². The molecule has 0 saturated carbocycles. The maximum absolute atomic E-state index is 4.71. The summed E-state index contributed by atoms with van der Waals surface area (Å²) in [5.41, 5.74) is 4.11. The minimum Gasteiger partial charge on any atom is -0.357 e. The zero-order valence-corrected chi connectivity index (χ0v) is 18.0. The molecular formula is C23H27N5S. The number of rotatable bonds is 3. The summed E-state index contributed by atoms with van der Waals surface area (Å²) in [6, 6.07) is 6.42. The van der Waals surface area contributed by atoms with Crippen LogP contribution in [0.5, 0.6) is 0 Å². The van der Waals surface area contributed by atoms with E-state index in [1.807, 2.05) is 32.5 Å². The molecular weight excluding hydrogens is 378 g/mol. The lowest BCUT2D eigenvalue weighted by Gasteiger charge is -2.27. The average Bonchev–Trinajstić information content (AvgIpc) is 3.25. The van der Waals surface area contributed by atoms with Gasteiger partial charge in [0.15, 0.2) is 5.65 Å². The molecule has 1 saturated heterocycles. The van der Waals surface area contributed by atoms with Gasteiger partial charge in [0.2, 0.25) is 0 Å². The van der Waals surface area contributed by atoms with Crippen molar-refractivity contribution in [2.45, 2.75) is 39.5 Å². The number of piperidine rings is 1. The Hall–Kier alpha value is -2.60. The fourth-order valence-corrected chi connectivity index (χ4v) is 4.58. The normalized spacial score (nSPS) is 16.3. The molecule has 3 aromatic rings. The van der Waals surface area contributed by atoms with Crippen LogP contribution in [0.15, 0.2) is 41.7 Å². The molecule has 5 heterocycles. The Kier molecular flexibility index (Phi) is 6.30. The number of aromatic nitrogens is 3. The molecule has 5 nitrogen and oxygen atoms in total. The number of anilines is 1. The quantitative estimate of drug-likeness (QED) is 0.567. The van der Waals surface area contributed by atoms with Crippen LogP contribution in [0.4, 0.5) is 5.82 Å². The second kappa shape index (κ2) is 9.27. The van der Waals surface area contributed by atoms with Gasteiger partial charge in [-0.05, 0) is 49.5 Å². The van der Waals surface area contributed by atoms with Crippen LogP contribution < -0.4 is 4.90 Å². The van der Waals surface area contributed by atoms with Crippen LogP contribution >= 0.6 is 11.3 Å². The molecule has 0 radical (unpaired) electrons. The van der Waals surface area contributed by atoms with Crippen molar-refractivity contribution in [2.75, 3.05) is 24.5 Å². The summed E-state index contributed by atoms with van der Waals surface area (Å²) in [6.07, 6.45) is 12.8. The Bertz CT molecular complexity index is 1010. The molecule has 0 aliphatic carbocycles. The van der Waals surface area contributed by atoms with E-state index < -0.39 is 0 Å². The fourth-order valence-electron chi connectivity index (χ4n) is 3.63. The molecule has 0 spiro atoms. The van der Waals surface area contributed by atoms with Crippen LogP contribution in [0.1, 0.15) is 45.1 Å². The molecule has 0 atom stereocenters. The van der Waals surface area contributed by atoms with Crippen LogP contribution in [0.25, 0.3) is 26.5 Å². The molecule has 1 fully saturated rings. The number of hydrogen-bond acceptors (Lipinski definition) is 6. The van der Waals surface area contributed by atoms with Crippen molar-refractivity contribution in [2.24, 2.45) is 4.99 Å². The van der Waals surface area contributed by atoms with Crippen LogP contribution in [-0.2, 0) is 0 Å². The van der Waals surface area contributed by atoms with Crippen molar-refractivity contribution in [1.82, 2.24) is 15.0 Å². The van der Waals surface area contributed by atoms with Crippen molar-refractivity contribution >= 4 is 39.3 Å². The van der Waals surface area contributed by atoms with Gasteiger partial charge in [0, 0.05) is 49.4 Å². The van der Waals surface area contributed by atoms with Gasteiger partial charge in [-0.1, -0.05) is 19.9 Å². The predicted molar refractivity (Wildman–Crippen MR) is 124 cm³/mol. The summed E-state index contributed by atoms with van der Waals surface area (Å²) < 4.78 is 1.10. The first kappa shape index (κ1) is 19.7. The second-order valence-electron chi connectivity index (χ2n) is 7.00. The molecule has 0 bridgehead atoms. The van der Waals surface area contributed by atoms with Crippen LogP contribution in [0.2, 0.25) is 0 Å². The summed E-state index contributed by atoms with van der Waals surface area (Å²) in [6.45, 7) is 7.10. The number of hydrogen-bond donors (Lipinski definition) is 0. The van der Waals surface area contributed by atoms with E-state index in [-0.39, 0.29) is 0 Å². The average molecular weight is 406 g/mol. The summed E-state index contributed by atoms with van der Waals surface area (Å²) in [4.78, 5) is 20.7. The SMILES string of the molecule is C1=NCCC=C1c1cnc2nc(-c3ccc(N4CCCCC4)nc3)sc2c1.CC. The highest BCUT2D eigenvalue weighted by Gasteiger charge is 2.14. The highest BCUT2D eigenvalue weighted by molar-refractivity contribution is 7.21. The molecule has 0 amide bonds. The minimum atomic E-state index is 0.798. The van der Waals surface area contributed by atoms with Crippen LogP contribution in [0.3, 0.4) is 0 Å². The third-order valence-electron chi connectivity index (χ3n) is 5.11. The van der Waals surface area contributed by atoms with Gasteiger partial charge in [-0.2, -0.15) is 0 Å². The Balaban J connectivity index is 0.000000994. The third-order valence-corrected chi connectivity index (χ3v) is 6.15. The molecule has 5 rings (SSSR count). The summed E-state index contributed by atoms with van der Waals surface area (Å²) in [5, 5.41) is 0.971. The van der Waals surface area contributed by atoms with Gasteiger partial charge in [0.25, 0.3) is 0 Å². The molecule has 2 aliphatic heterocycles. The van der Waals surface area contributed by atoms with Crippen LogP contribution in [-0.4, -0.2) is 40.8 Å². The minimum absolute atomic E-state index is 0.798. The summed E-state index contributed by atoms with van der Waals surface area (Å²) in [5.74, 6) is 1.07. The Morgan fingerprint density at radius 1 is 0.966 bits per heavy atom. The van der Waals surface area contributed by atoms with Gasteiger partial charge in [0.1, 0.15) is 10.8 Å². The van der Waals surface area contributed by atoms with Crippen molar-refractivity contribution in [3.8, 4) is 10.6 Å². The van der Waals surface area contributed by atoms with E-state index in [0.717, 1.165) is 63.9 Å². The van der Waals surface area contributed by atoms with E-state index in [0.29, 0.717) is 0 Å². The summed E-state index contributed by atoms with van der Waals surface area (Å²) in [7, 11) is 0. The third kappa shape index (κ3) is 4.37. The van der Waals surface area contributed by atoms with Gasteiger partial charge in [-0.25, -0.2) is 15.0 Å². The first-order chi connectivity index (χ1) is 14.4. The first-order valence-electron chi connectivity index (χ1n) is 10.6. The summed E-state index contributed by atoms with van der Waals surface area (Å²) >= 11 is 1.67. The molecule has 0 aromatic carbocycles. The maximum atomic E-state index is 4.71. The molecule has 3 aromatic heterocycles. The standard InChI is InChI=1S/C21H21N5S.C2H6/c1-2-9-26(10-3-1)19-7-6-16(13-23-19)21-25-20-18(27-21)11-17(14-24-20)15-5-4-8-22-12-15;1-2/h5-7,11-14H,1-4,8-10H2;1-2H3. The zero-order valence-electron chi connectivity index (χ0n) is 17.1. The van der Waals surface area contributed by atoms with Gasteiger partial charge >= 0.3 is 0 Å². The second-order valence-corrected chi connectivity index (χ2v) is 8.03. The number of pyridine rings is 2. The van der Waals surface area contributed by atoms with E-state index >= 15 is 0 Å². The number of aliphatic imine (C=N–C) groups is 1. The van der Waals surface area contributed by atoms with Crippen LogP contribution in [0, 0.1) is 0 Å². The van der Waals surface area contributed by atoms with E-state index in [1.54, 1.807) is 11.3 Å². The number of nitrogens with zero attached hydrogens (tertiary/aromatic N) is 5. The molecule has 0 N–H and O–H groups in total. The van der Waals surface area contributed by atoms with Crippen molar-refractivity contribution < 1.29 is 0 Å². The first-order valence-corrected chi connectivity index (χ1v) is 11.4. The highest BCUT2D eigenvalue weighted by atomic mass is 32.1. The lowest BCUT2D eigenvalue weighted by molar-refractivity contribution is 0.573.